The van der Waals surface area contributed by atoms with E-state index in [9.17, 15) is 4.79 Å². The molecule has 2 aromatic carbocycles. The number of carbonyl (C=O) groups is 1. The number of nitrogens with one attached hydrogen (secondary N) is 1. The first kappa shape index (κ1) is 14.1. The lowest BCUT2D eigenvalue weighted by molar-refractivity contribution is 0.0951. The molecule has 3 N–H and O–H groups in total. The summed E-state index contributed by atoms with van der Waals surface area (Å²) >= 11 is 0. The predicted molar refractivity (Wildman–Crippen MR) is 82.6 cm³/mol. The molecular weight excluding hydrogens is 248 g/mol. The molecule has 0 aliphatic carbocycles. The molecule has 0 unspecified atom stereocenters. The van der Waals surface area contributed by atoms with Crippen molar-refractivity contribution in [3.05, 3.63) is 64.7 Å². The summed E-state index contributed by atoms with van der Waals surface area (Å²) in [6, 6.07) is 13.6. The number of hydrogen-bond acceptors (Lipinski definition) is 2. The lowest BCUT2D eigenvalue weighted by atomic mass is 10.0. The van der Waals surface area contributed by atoms with Crippen molar-refractivity contribution in [1.29, 1.82) is 0 Å². The summed E-state index contributed by atoms with van der Waals surface area (Å²) in [7, 11) is 0. The molecule has 0 atom stereocenters. The van der Waals surface area contributed by atoms with Crippen molar-refractivity contribution in [1.82, 2.24) is 5.32 Å². The van der Waals surface area contributed by atoms with Gasteiger partial charge in [0, 0.05) is 12.2 Å². The Morgan fingerprint density at radius 1 is 1.15 bits per heavy atom. The van der Waals surface area contributed by atoms with E-state index in [1.807, 2.05) is 37.3 Å². The average Bonchev–Trinajstić information content (AvgIpc) is 2.47. The molecule has 0 heterocycles. The van der Waals surface area contributed by atoms with Crippen LogP contribution in [-0.2, 0) is 13.0 Å². The zero-order chi connectivity index (χ0) is 14.5. The fraction of sp³-hybridized carbons (Fsp3) is 0.235. The number of aryl methyl sites for hydroxylation is 2. The Bertz CT molecular complexity index is 620. The second-order valence-electron chi connectivity index (χ2n) is 4.90. The number of nitrogens with two attached hydrogens (primary N) is 1. The molecule has 104 valence electrons. The van der Waals surface area contributed by atoms with Crippen LogP contribution >= 0.6 is 0 Å². The lowest BCUT2D eigenvalue weighted by Gasteiger charge is -2.11. The molecule has 0 aliphatic rings. The summed E-state index contributed by atoms with van der Waals surface area (Å²) in [5.74, 6) is -0.128. The number of amides is 1. The SMILES string of the molecule is CCc1ccccc1CNC(=O)c1cc(C)ccc1N. The first-order valence-corrected chi connectivity index (χ1v) is 6.83. The molecule has 1 amide bonds. The highest BCUT2D eigenvalue weighted by Gasteiger charge is 2.10. The minimum Gasteiger partial charge on any atom is -0.398 e. The molecule has 0 aromatic heterocycles. The first-order chi connectivity index (χ1) is 9.61. The van der Waals surface area contributed by atoms with E-state index in [-0.39, 0.29) is 5.91 Å². The van der Waals surface area contributed by atoms with Gasteiger partial charge < -0.3 is 11.1 Å². The average molecular weight is 268 g/mol. The zero-order valence-corrected chi connectivity index (χ0v) is 11.9. The normalized spacial score (nSPS) is 10.3. The molecule has 2 aromatic rings. The Kier molecular flexibility index (Phi) is 4.41. The standard InChI is InChI=1S/C17H20N2O/c1-3-13-6-4-5-7-14(13)11-19-17(20)15-10-12(2)8-9-16(15)18/h4-10H,3,11,18H2,1-2H3,(H,19,20). The molecule has 3 heteroatoms. The van der Waals surface area contributed by atoms with Crippen LogP contribution in [0.15, 0.2) is 42.5 Å². The number of rotatable bonds is 4. The fourth-order valence-electron chi connectivity index (χ4n) is 2.21. The van der Waals surface area contributed by atoms with Gasteiger partial charge in [-0.25, -0.2) is 0 Å². The number of hydrogen-bond donors (Lipinski definition) is 2. The van der Waals surface area contributed by atoms with Gasteiger partial charge in [-0.15, -0.1) is 0 Å². The van der Waals surface area contributed by atoms with E-state index >= 15 is 0 Å². The highest BCUT2D eigenvalue weighted by atomic mass is 16.1. The second kappa shape index (κ2) is 6.24. The molecule has 0 radical (unpaired) electrons. The number of nitrogen functional groups attached to an aromatic ring is 1. The van der Waals surface area contributed by atoms with Gasteiger partial charge in [-0.1, -0.05) is 42.8 Å². The smallest absolute Gasteiger partial charge is 0.253 e. The quantitative estimate of drug-likeness (QED) is 0.837. The lowest BCUT2D eigenvalue weighted by Crippen LogP contribution is -2.24. The van der Waals surface area contributed by atoms with E-state index < -0.39 is 0 Å². The minimum atomic E-state index is -0.128. The van der Waals surface area contributed by atoms with Crippen molar-refractivity contribution < 1.29 is 4.79 Å². The highest BCUT2D eigenvalue weighted by Crippen LogP contribution is 2.14. The first-order valence-electron chi connectivity index (χ1n) is 6.83. The van der Waals surface area contributed by atoms with E-state index in [1.54, 1.807) is 6.07 Å². The maximum absolute atomic E-state index is 12.2. The summed E-state index contributed by atoms with van der Waals surface area (Å²) in [5.41, 5.74) is 10.3. The van der Waals surface area contributed by atoms with Gasteiger partial charge in [-0.05, 0) is 36.6 Å². The number of carbonyl (C=O) groups excluding carboxylic acids is 1. The highest BCUT2D eigenvalue weighted by molar-refractivity contribution is 5.99. The van der Waals surface area contributed by atoms with E-state index in [2.05, 4.69) is 18.3 Å². The predicted octanol–water partition coefficient (Wildman–Crippen LogP) is 3.07. The summed E-state index contributed by atoms with van der Waals surface area (Å²) in [6.45, 7) is 4.58. The molecule has 0 saturated heterocycles. The van der Waals surface area contributed by atoms with E-state index in [0.717, 1.165) is 17.5 Å². The van der Waals surface area contributed by atoms with Crippen LogP contribution in [0.25, 0.3) is 0 Å². The third-order valence-corrected chi connectivity index (χ3v) is 3.39. The van der Waals surface area contributed by atoms with Crippen LogP contribution in [0.2, 0.25) is 0 Å². The Balaban J connectivity index is 2.11. The van der Waals surface area contributed by atoms with Crippen molar-refractivity contribution in [3.63, 3.8) is 0 Å². The third-order valence-electron chi connectivity index (χ3n) is 3.39. The molecule has 0 bridgehead atoms. The molecule has 0 spiro atoms. The number of benzene rings is 2. The van der Waals surface area contributed by atoms with Crippen LogP contribution in [0.1, 0.15) is 34.0 Å². The van der Waals surface area contributed by atoms with Crippen LogP contribution in [0.3, 0.4) is 0 Å². The molecule has 0 fully saturated rings. The van der Waals surface area contributed by atoms with E-state index in [4.69, 9.17) is 5.73 Å². The van der Waals surface area contributed by atoms with E-state index in [1.165, 1.54) is 5.56 Å². The van der Waals surface area contributed by atoms with Crippen LogP contribution in [0.5, 0.6) is 0 Å². The molecule has 0 saturated carbocycles. The Hall–Kier alpha value is -2.29. The van der Waals surface area contributed by atoms with Crippen LogP contribution < -0.4 is 11.1 Å². The fourth-order valence-corrected chi connectivity index (χ4v) is 2.21. The second-order valence-corrected chi connectivity index (χ2v) is 4.90. The van der Waals surface area contributed by atoms with Crippen LogP contribution in [0.4, 0.5) is 5.69 Å². The Morgan fingerprint density at radius 3 is 2.55 bits per heavy atom. The summed E-state index contributed by atoms with van der Waals surface area (Å²) in [4.78, 5) is 12.2. The van der Waals surface area contributed by atoms with Crippen molar-refractivity contribution in [3.8, 4) is 0 Å². The Labute approximate surface area is 119 Å². The van der Waals surface area contributed by atoms with Gasteiger partial charge in [0.15, 0.2) is 0 Å². The maximum atomic E-state index is 12.2. The largest absolute Gasteiger partial charge is 0.398 e. The molecular formula is C17H20N2O. The van der Waals surface area contributed by atoms with Gasteiger partial charge in [-0.2, -0.15) is 0 Å². The zero-order valence-electron chi connectivity index (χ0n) is 11.9. The topological polar surface area (TPSA) is 55.1 Å². The van der Waals surface area contributed by atoms with Crippen molar-refractivity contribution >= 4 is 11.6 Å². The Morgan fingerprint density at radius 2 is 1.85 bits per heavy atom. The summed E-state index contributed by atoms with van der Waals surface area (Å²) < 4.78 is 0. The van der Waals surface area contributed by atoms with E-state index in [0.29, 0.717) is 17.8 Å². The molecule has 20 heavy (non-hydrogen) atoms. The molecule has 3 nitrogen and oxygen atoms in total. The summed E-state index contributed by atoms with van der Waals surface area (Å²) in [6.07, 6.45) is 0.957. The van der Waals surface area contributed by atoms with Crippen LogP contribution in [-0.4, -0.2) is 5.91 Å². The number of anilines is 1. The monoisotopic (exact) mass is 268 g/mol. The van der Waals surface area contributed by atoms with Gasteiger partial charge >= 0.3 is 0 Å². The van der Waals surface area contributed by atoms with Crippen molar-refractivity contribution in [2.45, 2.75) is 26.8 Å². The molecule has 2 rings (SSSR count). The third kappa shape index (κ3) is 3.18. The summed E-state index contributed by atoms with van der Waals surface area (Å²) in [5, 5.41) is 2.94. The van der Waals surface area contributed by atoms with Crippen molar-refractivity contribution in [2.24, 2.45) is 0 Å². The van der Waals surface area contributed by atoms with Gasteiger partial charge in [0.05, 0.1) is 5.56 Å². The molecule has 0 aliphatic heterocycles. The van der Waals surface area contributed by atoms with Crippen molar-refractivity contribution in [2.75, 3.05) is 5.73 Å². The van der Waals surface area contributed by atoms with Crippen LogP contribution in [0, 0.1) is 6.92 Å². The maximum Gasteiger partial charge on any atom is 0.253 e. The van der Waals surface area contributed by atoms with Gasteiger partial charge in [0.25, 0.3) is 5.91 Å². The van der Waals surface area contributed by atoms with Gasteiger partial charge in [0.1, 0.15) is 0 Å². The van der Waals surface area contributed by atoms with Gasteiger partial charge in [-0.3, -0.25) is 4.79 Å². The minimum absolute atomic E-state index is 0.128. The van der Waals surface area contributed by atoms with Gasteiger partial charge in [0.2, 0.25) is 0 Å².